The van der Waals surface area contributed by atoms with Crippen molar-refractivity contribution in [3.8, 4) is 22.8 Å². The Labute approximate surface area is 222 Å². The summed E-state index contributed by atoms with van der Waals surface area (Å²) in [7, 11) is 1.70. The molecule has 2 heterocycles. The topological polar surface area (TPSA) is 79.0 Å². The Morgan fingerprint density at radius 3 is 2.34 bits per heavy atom. The Bertz CT molecular complexity index is 1420. The molecule has 2 fully saturated rings. The second-order valence-electron chi connectivity index (χ2n) is 10.1. The first-order valence-corrected chi connectivity index (χ1v) is 13.4. The standard InChI is InChI=1S/C31H33N3O4/c1-33(22-6-3-2-4-7-22)31(35)38-24-12-10-21(11-13-24)30-29(32)27-15-14-26(37-25-16-18-36-19-17-25)20-28(27)34(30)23-8-5-9-23/h2-4,6-7,10-15,20,23,25H,5,8-9,16-19,32H2,1H3. The van der Waals surface area contributed by atoms with Gasteiger partial charge in [0.2, 0.25) is 0 Å². The first-order chi connectivity index (χ1) is 18.6. The van der Waals surface area contributed by atoms with Crippen LogP contribution in [-0.4, -0.2) is 37.0 Å². The van der Waals surface area contributed by atoms with Crippen LogP contribution in [0.25, 0.3) is 22.2 Å². The van der Waals surface area contributed by atoms with E-state index in [1.54, 1.807) is 7.05 Å². The minimum Gasteiger partial charge on any atom is -0.490 e. The fraction of sp³-hybridized carbons (Fsp3) is 0.323. The molecule has 1 saturated carbocycles. The second kappa shape index (κ2) is 10.4. The molecule has 0 spiro atoms. The van der Waals surface area contributed by atoms with E-state index in [1.165, 1.54) is 11.3 Å². The average molecular weight is 512 g/mol. The number of anilines is 2. The van der Waals surface area contributed by atoms with Crippen LogP contribution < -0.4 is 20.1 Å². The van der Waals surface area contributed by atoms with Crippen molar-refractivity contribution < 1.29 is 19.0 Å². The quantitative estimate of drug-likeness (QED) is 0.308. The fourth-order valence-electron chi connectivity index (χ4n) is 5.30. The van der Waals surface area contributed by atoms with Crippen molar-refractivity contribution in [1.29, 1.82) is 0 Å². The van der Waals surface area contributed by atoms with Gasteiger partial charge in [0.25, 0.3) is 0 Å². The summed E-state index contributed by atoms with van der Waals surface area (Å²) in [4.78, 5) is 14.2. The minimum absolute atomic E-state index is 0.182. The molecule has 196 valence electrons. The molecule has 1 aliphatic heterocycles. The van der Waals surface area contributed by atoms with Gasteiger partial charge in [0, 0.05) is 48.6 Å². The minimum atomic E-state index is -0.441. The van der Waals surface area contributed by atoms with Crippen LogP contribution in [0.4, 0.5) is 16.2 Å². The van der Waals surface area contributed by atoms with Gasteiger partial charge in [0.1, 0.15) is 17.6 Å². The highest BCUT2D eigenvalue weighted by molar-refractivity contribution is 6.01. The van der Waals surface area contributed by atoms with Gasteiger partial charge in [-0.15, -0.1) is 0 Å². The summed E-state index contributed by atoms with van der Waals surface area (Å²) in [6.45, 7) is 1.49. The lowest BCUT2D eigenvalue weighted by molar-refractivity contribution is 0.0256. The van der Waals surface area contributed by atoms with Crippen LogP contribution in [0.2, 0.25) is 0 Å². The number of nitrogens with two attached hydrogens (primary N) is 1. The Hall–Kier alpha value is -3.97. The number of nitrogen functional groups attached to an aromatic ring is 1. The zero-order valence-corrected chi connectivity index (χ0v) is 21.6. The molecular formula is C31H33N3O4. The van der Waals surface area contributed by atoms with Crippen LogP contribution >= 0.6 is 0 Å². The maximum Gasteiger partial charge on any atom is 0.419 e. The maximum atomic E-state index is 12.7. The highest BCUT2D eigenvalue weighted by atomic mass is 16.6. The largest absolute Gasteiger partial charge is 0.490 e. The van der Waals surface area contributed by atoms with Gasteiger partial charge in [-0.2, -0.15) is 0 Å². The van der Waals surface area contributed by atoms with Gasteiger partial charge in [0.15, 0.2) is 0 Å². The molecule has 0 unspecified atom stereocenters. The molecule has 0 radical (unpaired) electrons. The number of benzene rings is 3. The summed E-state index contributed by atoms with van der Waals surface area (Å²) in [6, 6.07) is 23.7. The van der Waals surface area contributed by atoms with E-state index in [9.17, 15) is 4.79 Å². The zero-order valence-electron chi connectivity index (χ0n) is 21.6. The summed E-state index contributed by atoms with van der Waals surface area (Å²) in [6.07, 6.45) is 5.03. The molecule has 4 aromatic rings. The summed E-state index contributed by atoms with van der Waals surface area (Å²) in [5.41, 5.74) is 11.4. The van der Waals surface area contributed by atoms with Gasteiger partial charge >= 0.3 is 6.09 Å². The number of carbonyl (C=O) groups excluding carboxylic acids is 1. The van der Waals surface area contributed by atoms with Crippen molar-refractivity contribution in [1.82, 2.24) is 4.57 Å². The van der Waals surface area contributed by atoms with Gasteiger partial charge in [-0.25, -0.2) is 4.79 Å². The number of nitrogens with zero attached hydrogens (tertiary/aromatic N) is 2. The third kappa shape index (κ3) is 4.70. The lowest BCUT2D eigenvalue weighted by atomic mass is 9.92. The molecule has 1 aliphatic carbocycles. The molecule has 1 amide bonds. The van der Waals surface area contributed by atoms with E-state index in [-0.39, 0.29) is 6.10 Å². The second-order valence-corrected chi connectivity index (χ2v) is 10.1. The lowest BCUT2D eigenvalue weighted by Crippen LogP contribution is -2.29. The molecule has 38 heavy (non-hydrogen) atoms. The predicted octanol–water partition coefficient (Wildman–Crippen LogP) is 6.81. The van der Waals surface area contributed by atoms with E-state index < -0.39 is 6.09 Å². The first-order valence-electron chi connectivity index (χ1n) is 13.4. The molecule has 2 N–H and O–H groups in total. The first kappa shape index (κ1) is 24.4. The van der Waals surface area contributed by atoms with Crippen LogP contribution in [0.5, 0.6) is 11.5 Å². The number of para-hydroxylation sites is 1. The number of rotatable bonds is 6. The van der Waals surface area contributed by atoms with Gasteiger partial charge < -0.3 is 24.5 Å². The third-order valence-electron chi connectivity index (χ3n) is 7.68. The van der Waals surface area contributed by atoms with Gasteiger partial charge in [-0.3, -0.25) is 4.90 Å². The number of hydrogen-bond donors (Lipinski definition) is 1. The maximum absolute atomic E-state index is 12.7. The van der Waals surface area contributed by atoms with E-state index >= 15 is 0 Å². The summed E-state index contributed by atoms with van der Waals surface area (Å²) in [5.74, 6) is 1.36. The van der Waals surface area contributed by atoms with Crippen LogP contribution in [0.1, 0.15) is 38.1 Å². The molecule has 7 nitrogen and oxygen atoms in total. The normalized spacial score (nSPS) is 16.2. The molecule has 7 heteroatoms. The van der Waals surface area contributed by atoms with Crippen molar-refractivity contribution in [2.75, 3.05) is 30.9 Å². The third-order valence-corrected chi connectivity index (χ3v) is 7.68. The molecule has 2 aliphatic rings. The SMILES string of the molecule is CN(C(=O)Oc1ccc(-c2c(N)c3ccc(OC4CCOCC4)cc3n2C2CCC2)cc1)c1ccccc1. The molecule has 0 atom stereocenters. The Balaban J connectivity index is 1.28. The lowest BCUT2D eigenvalue weighted by Gasteiger charge is -2.30. The van der Waals surface area contributed by atoms with Crippen molar-refractivity contribution in [2.45, 2.75) is 44.2 Å². The van der Waals surface area contributed by atoms with E-state index in [0.717, 1.165) is 78.2 Å². The summed E-state index contributed by atoms with van der Waals surface area (Å²) < 4.78 is 19.8. The number of carbonyl (C=O) groups is 1. The smallest absolute Gasteiger partial charge is 0.419 e. The van der Waals surface area contributed by atoms with E-state index in [0.29, 0.717) is 11.8 Å². The number of hydrogen-bond acceptors (Lipinski definition) is 5. The Kier molecular flexibility index (Phi) is 6.68. The highest BCUT2D eigenvalue weighted by Crippen LogP contribution is 2.45. The Morgan fingerprint density at radius 2 is 1.66 bits per heavy atom. The monoisotopic (exact) mass is 511 g/mol. The van der Waals surface area contributed by atoms with E-state index in [1.807, 2.05) is 60.7 Å². The highest BCUT2D eigenvalue weighted by Gasteiger charge is 2.27. The number of fused-ring (bicyclic) bond motifs is 1. The Morgan fingerprint density at radius 1 is 0.947 bits per heavy atom. The number of amides is 1. The van der Waals surface area contributed by atoms with Gasteiger partial charge in [-0.1, -0.05) is 18.2 Å². The van der Waals surface area contributed by atoms with E-state index in [2.05, 4.69) is 16.7 Å². The van der Waals surface area contributed by atoms with Gasteiger partial charge in [0.05, 0.1) is 30.1 Å². The molecule has 1 saturated heterocycles. The van der Waals surface area contributed by atoms with Crippen molar-refractivity contribution >= 4 is 28.4 Å². The molecule has 6 rings (SSSR count). The zero-order chi connectivity index (χ0) is 26.1. The van der Waals surface area contributed by atoms with Crippen LogP contribution in [-0.2, 0) is 4.74 Å². The number of ether oxygens (including phenoxy) is 3. The summed E-state index contributed by atoms with van der Waals surface area (Å²) >= 11 is 0. The summed E-state index contributed by atoms with van der Waals surface area (Å²) in [5, 5.41) is 1.03. The molecule has 3 aromatic carbocycles. The van der Waals surface area contributed by atoms with Crippen molar-refractivity contribution in [3.63, 3.8) is 0 Å². The van der Waals surface area contributed by atoms with Gasteiger partial charge in [-0.05, 0) is 67.8 Å². The van der Waals surface area contributed by atoms with Crippen LogP contribution in [0.15, 0.2) is 72.8 Å². The molecule has 1 aromatic heterocycles. The average Bonchev–Trinajstić information content (AvgIpc) is 3.20. The van der Waals surface area contributed by atoms with Crippen molar-refractivity contribution in [3.05, 3.63) is 72.8 Å². The fourth-order valence-corrected chi connectivity index (χ4v) is 5.30. The van der Waals surface area contributed by atoms with Crippen molar-refractivity contribution in [2.24, 2.45) is 0 Å². The molecular weight excluding hydrogens is 478 g/mol. The van der Waals surface area contributed by atoms with Crippen LogP contribution in [0.3, 0.4) is 0 Å². The predicted molar refractivity (Wildman–Crippen MR) is 150 cm³/mol. The van der Waals surface area contributed by atoms with E-state index in [4.69, 9.17) is 19.9 Å². The number of aromatic nitrogens is 1. The van der Waals surface area contributed by atoms with Crippen LogP contribution in [0, 0.1) is 0 Å². The molecule has 0 bridgehead atoms.